The molecule has 2 aliphatic heterocycles. The van der Waals surface area contributed by atoms with Crippen molar-refractivity contribution >= 4 is 16.9 Å². The lowest BCUT2D eigenvalue weighted by atomic mass is 9.80. The summed E-state index contributed by atoms with van der Waals surface area (Å²) in [4.78, 5) is 18.1. The van der Waals surface area contributed by atoms with Crippen molar-refractivity contribution < 1.29 is 14.3 Å². The van der Waals surface area contributed by atoms with Crippen LogP contribution in [0.15, 0.2) is 29.8 Å². The van der Waals surface area contributed by atoms with Gasteiger partial charge in [-0.3, -0.25) is 9.69 Å². The van der Waals surface area contributed by atoms with Crippen molar-refractivity contribution in [2.75, 3.05) is 27.3 Å². The summed E-state index contributed by atoms with van der Waals surface area (Å²) in [6.45, 7) is 4.03. The molecular weight excluding hydrogens is 328 g/mol. The van der Waals surface area contributed by atoms with E-state index in [1.54, 1.807) is 7.11 Å². The summed E-state index contributed by atoms with van der Waals surface area (Å²) in [5.41, 5.74) is 5.15. The van der Waals surface area contributed by atoms with E-state index in [1.807, 2.05) is 12.1 Å². The summed E-state index contributed by atoms with van der Waals surface area (Å²) in [6.07, 6.45) is 4.59. The Morgan fingerprint density at radius 1 is 1.38 bits per heavy atom. The second kappa shape index (κ2) is 6.80. The maximum atomic E-state index is 11.9. The predicted molar refractivity (Wildman–Crippen MR) is 101 cm³/mol. The number of H-pyrrole nitrogens is 1. The SMILES string of the molecule is C/C=C1\CN2CCc3c([nH]c4cccc(OC)c34)[C@@H]2C[C@@H]1CC(=O)OC. The minimum atomic E-state index is -0.128. The van der Waals surface area contributed by atoms with Crippen LogP contribution in [0.4, 0.5) is 0 Å². The van der Waals surface area contributed by atoms with Crippen LogP contribution in [0.3, 0.4) is 0 Å². The van der Waals surface area contributed by atoms with Gasteiger partial charge >= 0.3 is 5.97 Å². The third-order valence-electron chi connectivity index (χ3n) is 5.99. The Labute approximate surface area is 154 Å². The Bertz CT molecular complexity index is 868. The molecule has 1 saturated heterocycles. The number of nitrogens with zero attached hydrogens (tertiary/aromatic N) is 1. The summed E-state index contributed by atoms with van der Waals surface area (Å²) < 4.78 is 10.5. The molecule has 2 atom stereocenters. The van der Waals surface area contributed by atoms with Crippen molar-refractivity contribution in [2.45, 2.75) is 32.2 Å². The number of benzene rings is 1. The fraction of sp³-hybridized carbons (Fsp3) is 0.476. The van der Waals surface area contributed by atoms with E-state index < -0.39 is 0 Å². The summed E-state index contributed by atoms with van der Waals surface area (Å²) in [6, 6.07) is 6.49. The quantitative estimate of drug-likeness (QED) is 0.676. The van der Waals surface area contributed by atoms with Gasteiger partial charge in [0.15, 0.2) is 0 Å². The summed E-state index contributed by atoms with van der Waals surface area (Å²) in [5.74, 6) is 1.05. The van der Waals surface area contributed by atoms with Crippen molar-refractivity contribution in [1.82, 2.24) is 9.88 Å². The van der Waals surface area contributed by atoms with Gasteiger partial charge in [-0.05, 0) is 43.4 Å². The first-order chi connectivity index (χ1) is 12.7. The molecule has 0 unspecified atom stereocenters. The number of hydrogen-bond donors (Lipinski definition) is 1. The number of piperidine rings is 1. The van der Waals surface area contributed by atoms with Crippen LogP contribution in [-0.2, 0) is 16.0 Å². The lowest BCUT2D eigenvalue weighted by Crippen LogP contribution is -2.43. The van der Waals surface area contributed by atoms with Gasteiger partial charge in [0, 0.05) is 29.7 Å². The highest BCUT2D eigenvalue weighted by atomic mass is 16.5. The number of carbonyl (C=O) groups is 1. The molecule has 0 saturated carbocycles. The van der Waals surface area contributed by atoms with Crippen LogP contribution < -0.4 is 4.74 Å². The molecule has 0 spiro atoms. The lowest BCUT2D eigenvalue weighted by Gasteiger charge is -2.43. The number of hydrogen-bond acceptors (Lipinski definition) is 4. The van der Waals surface area contributed by atoms with Gasteiger partial charge in [0.25, 0.3) is 0 Å². The molecule has 5 nitrogen and oxygen atoms in total. The van der Waals surface area contributed by atoms with Crippen molar-refractivity contribution in [2.24, 2.45) is 5.92 Å². The van der Waals surface area contributed by atoms with E-state index in [0.29, 0.717) is 12.5 Å². The van der Waals surface area contributed by atoms with Gasteiger partial charge in [-0.2, -0.15) is 0 Å². The number of fused-ring (bicyclic) bond motifs is 5. The number of esters is 1. The Hall–Kier alpha value is -2.27. The molecule has 1 N–H and O–H groups in total. The lowest BCUT2D eigenvalue weighted by molar-refractivity contribution is -0.141. The third-order valence-corrected chi connectivity index (χ3v) is 5.99. The first kappa shape index (κ1) is 17.2. The molecule has 0 bridgehead atoms. The van der Waals surface area contributed by atoms with Crippen LogP contribution in [0.5, 0.6) is 5.75 Å². The van der Waals surface area contributed by atoms with E-state index in [0.717, 1.165) is 37.2 Å². The molecule has 0 aliphatic carbocycles. The van der Waals surface area contributed by atoms with Crippen molar-refractivity contribution in [3.8, 4) is 5.75 Å². The minimum absolute atomic E-state index is 0.128. The first-order valence-electron chi connectivity index (χ1n) is 9.29. The average Bonchev–Trinajstić information content (AvgIpc) is 3.06. The number of nitrogens with one attached hydrogen (secondary N) is 1. The minimum Gasteiger partial charge on any atom is -0.496 e. The van der Waals surface area contributed by atoms with Gasteiger partial charge in [0.1, 0.15) is 5.75 Å². The summed E-state index contributed by atoms with van der Waals surface area (Å²) in [7, 11) is 3.20. The topological polar surface area (TPSA) is 54.6 Å². The summed E-state index contributed by atoms with van der Waals surface area (Å²) in [5, 5.41) is 1.21. The number of aromatic nitrogens is 1. The summed E-state index contributed by atoms with van der Waals surface area (Å²) >= 11 is 0. The van der Waals surface area contributed by atoms with Gasteiger partial charge < -0.3 is 14.5 Å². The van der Waals surface area contributed by atoms with Gasteiger partial charge in [-0.1, -0.05) is 17.7 Å². The average molecular weight is 354 g/mol. The van der Waals surface area contributed by atoms with Gasteiger partial charge in [-0.25, -0.2) is 0 Å². The number of carbonyl (C=O) groups excluding carboxylic acids is 1. The number of rotatable bonds is 3. The molecule has 138 valence electrons. The van der Waals surface area contributed by atoms with Gasteiger partial charge in [-0.15, -0.1) is 0 Å². The molecule has 2 aliphatic rings. The maximum absolute atomic E-state index is 11.9. The first-order valence-corrected chi connectivity index (χ1v) is 9.29. The fourth-order valence-corrected chi connectivity index (χ4v) is 4.68. The van der Waals surface area contributed by atoms with E-state index >= 15 is 0 Å². The molecule has 26 heavy (non-hydrogen) atoms. The smallest absolute Gasteiger partial charge is 0.306 e. The van der Waals surface area contributed by atoms with Gasteiger partial charge in [0.2, 0.25) is 0 Å². The molecule has 5 heteroatoms. The Balaban J connectivity index is 1.73. The fourth-order valence-electron chi connectivity index (χ4n) is 4.68. The van der Waals surface area contributed by atoms with Crippen LogP contribution >= 0.6 is 0 Å². The monoisotopic (exact) mass is 354 g/mol. The number of methoxy groups -OCH3 is 2. The van der Waals surface area contributed by atoms with Crippen LogP contribution in [0.25, 0.3) is 10.9 Å². The van der Waals surface area contributed by atoms with Crippen LogP contribution in [0.2, 0.25) is 0 Å². The highest BCUT2D eigenvalue weighted by Gasteiger charge is 2.38. The standard InChI is InChI=1S/C21H26N2O3/c1-4-13-12-23-9-8-15-20-16(6-5-7-18(20)25-2)22-21(15)17(23)10-14(13)11-19(24)26-3/h4-7,14,17,22H,8-12H2,1-3H3/b13-4+/t14-,17+/m1/s1. The predicted octanol–water partition coefficient (Wildman–Crippen LogP) is 3.61. The highest BCUT2D eigenvalue weighted by molar-refractivity contribution is 5.91. The van der Waals surface area contributed by atoms with E-state index in [4.69, 9.17) is 9.47 Å². The maximum Gasteiger partial charge on any atom is 0.306 e. The molecule has 2 aromatic rings. The number of aromatic amines is 1. The molecule has 1 aromatic carbocycles. The molecule has 1 aromatic heterocycles. The van der Waals surface area contributed by atoms with Crippen LogP contribution in [-0.4, -0.2) is 43.2 Å². The highest BCUT2D eigenvalue weighted by Crippen LogP contribution is 2.45. The molecule has 0 amide bonds. The van der Waals surface area contributed by atoms with Crippen molar-refractivity contribution in [3.63, 3.8) is 0 Å². The number of allylic oxidation sites excluding steroid dienone is 1. The normalized spacial score (nSPS) is 24.3. The zero-order chi connectivity index (χ0) is 18.3. The Morgan fingerprint density at radius 2 is 2.23 bits per heavy atom. The van der Waals surface area contributed by atoms with Crippen LogP contribution in [0.1, 0.15) is 37.1 Å². The van der Waals surface area contributed by atoms with Crippen molar-refractivity contribution in [1.29, 1.82) is 0 Å². The van der Waals surface area contributed by atoms with E-state index in [9.17, 15) is 4.79 Å². The molecule has 1 fully saturated rings. The van der Waals surface area contributed by atoms with E-state index in [2.05, 4.69) is 29.0 Å². The van der Waals surface area contributed by atoms with Gasteiger partial charge in [0.05, 0.1) is 26.7 Å². The molecule has 3 heterocycles. The zero-order valence-corrected chi connectivity index (χ0v) is 15.7. The largest absolute Gasteiger partial charge is 0.496 e. The molecule has 4 rings (SSSR count). The van der Waals surface area contributed by atoms with Crippen molar-refractivity contribution in [3.05, 3.63) is 41.1 Å². The Morgan fingerprint density at radius 3 is 2.96 bits per heavy atom. The Kier molecular flexibility index (Phi) is 4.49. The van der Waals surface area contributed by atoms with Crippen LogP contribution in [0, 0.1) is 5.92 Å². The number of ether oxygens (including phenoxy) is 2. The zero-order valence-electron chi connectivity index (χ0n) is 15.7. The molecule has 0 radical (unpaired) electrons. The van der Waals surface area contributed by atoms with E-state index in [1.165, 1.54) is 29.3 Å². The third kappa shape index (κ3) is 2.71. The second-order valence-corrected chi connectivity index (χ2v) is 7.21. The van der Waals surface area contributed by atoms with E-state index in [-0.39, 0.29) is 11.9 Å². The molecular formula is C21H26N2O3. The second-order valence-electron chi connectivity index (χ2n) is 7.21.